The second-order valence-corrected chi connectivity index (χ2v) is 7.32. The Morgan fingerprint density at radius 3 is 2.62 bits per heavy atom. The Bertz CT molecular complexity index is 1160. The van der Waals surface area contributed by atoms with Gasteiger partial charge in [0.05, 0.1) is 43.5 Å². The number of rotatable bonds is 7. The number of methoxy groups -OCH3 is 1. The van der Waals surface area contributed by atoms with Crippen molar-refractivity contribution in [3.63, 3.8) is 0 Å². The molecule has 0 aliphatic rings. The lowest BCUT2D eigenvalue weighted by Gasteiger charge is -2.20. The van der Waals surface area contributed by atoms with E-state index < -0.39 is 0 Å². The number of imidazole rings is 1. The number of guanidine groups is 1. The molecule has 0 unspecified atom stereocenters. The summed E-state index contributed by atoms with van der Waals surface area (Å²) < 4.78 is 7.06. The molecule has 0 aliphatic heterocycles. The van der Waals surface area contributed by atoms with E-state index >= 15 is 0 Å². The topological polar surface area (TPSA) is 83.4 Å². The Morgan fingerprint density at radius 1 is 1.12 bits per heavy atom. The van der Waals surface area contributed by atoms with E-state index in [4.69, 9.17) is 4.74 Å². The summed E-state index contributed by atoms with van der Waals surface area (Å²) in [6.07, 6.45) is 3.81. The highest BCUT2D eigenvalue weighted by Crippen LogP contribution is 2.17. The molecule has 2 aromatic heterocycles. The van der Waals surface area contributed by atoms with E-state index in [2.05, 4.69) is 37.5 Å². The molecule has 0 fully saturated rings. The van der Waals surface area contributed by atoms with E-state index in [1.165, 1.54) is 0 Å². The first-order valence-corrected chi connectivity index (χ1v) is 10.4. The zero-order valence-electron chi connectivity index (χ0n) is 18.5. The van der Waals surface area contributed by atoms with Crippen molar-refractivity contribution in [2.45, 2.75) is 13.1 Å². The standard InChI is InChI=1S/C24H27N7O/c1-25-24(30(2)17-23-26-16-22(28-23)18-7-5-4-6-8-18)27-15-19-13-14-31(29-19)20-9-11-21(32-3)12-10-20/h4-14,16H,15,17H2,1-3H3,(H,25,27)(H,26,28). The molecule has 2 heterocycles. The lowest BCUT2D eigenvalue weighted by atomic mass is 10.2. The van der Waals surface area contributed by atoms with Gasteiger partial charge in [-0.2, -0.15) is 5.10 Å². The average molecular weight is 430 g/mol. The molecule has 32 heavy (non-hydrogen) atoms. The number of ether oxygens (including phenoxy) is 1. The van der Waals surface area contributed by atoms with Gasteiger partial charge in [0.2, 0.25) is 0 Å². The molecular formula is C24H27N7O. The highest BCUT2D eigenvalue weighted by Gasteiger charge is 2.11. The van der Waals surface area contributed by atoms with Crippen LogP contribution in [0, 0.1) is 0 Å². The summed E-state index contributed by atoms with van der Waals surface area (Å²) >= 11 is 0. The van der Waals surface area contributed by atoms with Crippen LogP contribution in [0.3, 0.4) is 0 Å². The minimum atomic E-state index is 0.563. The SMILES string of the molecule is CN=C(NCc1ccn(-c2ccc(OC)cc2)n1)N(C)Cc1ncc(-c2ccccc2)[nH]1. The van der Waals surface area contributed by atoms with Crippen LogP contribution in [0.5, 0.6) is 5.75 Å². The molecule has 8 heteroatoms. The van der Waals surface area contributed by atoms with Crippen LogP contribution in [0.2, 0.25) is 0 Å². The van der Waals surface area contributed by atoms with Crippen LogP contribution in [0.25, 0.3) is 16.9 Å². The second kappa shape index (κ2) is 9.82. The van der Waals surface area contributed by atoms with Gasteiger partial charge in [0.1, 0.15) is 11.6 Å². The number of aromatic amines is 1. The maximum atomic E-state index is 5.21. The highest BCUT2D eigenvalue weighted by molar-refractivity contribution is 5.79. The van der Waals surface area contributed by atoms with Crippen molar-refractivity contribution in [3.8, 4) is 22.7 Å². The fourth-order valence-electron chi connectivity index (χ4n) is 3.40. The van der Waals surface area contributed by atoms with Crippen molar-refractivity contribution < 1.29 is 4.74 Å². The van der Waals surface area contributed by atoms with Crippen LogP contribution >= 0.6 is 0 Å². The van der Waals surface area contributed by atoms with E-state index in [0.717, 1.165) is 40.2 Å². The fraction of sp³-hybridized carbons (Fsp3) is 0.208. The molecule has 0 spiro atoms. The van der Waals surface area contributed by atoms with Crippen LogP contribution < -0.4 is 10.1 Å². The van der Waals surface area contributed by atoms with E-state index in [1.54, 1.807) is 14.2 Å². The number of H-pyrrole nitrogens is 1. The number of benzene rings is 2. The van der Waals surface area contributed by atoms with E-state index in [0.29, 0.717) is 13.1 Å². The molecule has 164 valence electrons. The fourth-order valence-corrected chi connectivity index (χ4v) is 3.40. The Kier molecular flexibility index (Phi) is 6.50. The van der Waals surface area contributed by atoms with Crippen molar-refractivity contribution in [1.82, 2.24) is 30.0 Å². The van der Waals surface area contributed by atoms with Crippen molar-refractivity contribution in [2.75, 3.05) is 21.2 Å². The van der Waals surface area contributed by atoms with Crippen LogP contribution in [0.4, 0.5) is 0 Å². The first kappa shape index (κ1) is 21.2. The molecule has 8 nitrogen and oxygen atoms in total. The molecule has 0 saturated carbocycles. The molecule has 0 aliphatic carbocycles. The maximum absolute atomic E-state index is 5.21. The van der Waals surface area contributed by atoms with Crippen LogP contribution in [0.15, 0.2) is 78.0 Å². The van der Waals surface area contributed by atoms with Crippen molar-refractivity contribution in [3.05, 3.63) is 84.6 Å². The zero-order valence-corrected chi connectivity index (χ0v) is 18.5. The van der Waals surface area contributed by atoms with E-state index in [1.807, 2.05) is 77.6 Å². The molecule has 0 bridgehead atoms. The zero-order chi connectivity index (χ0) is 22.3. The second-order valence-electron chi connectivity index (χ2n) is 7.32. The number of hydrogen-bond acceptors (Lipinski definition) is 4. The largest absolute Gasteiger partial charge is 0.497 e. The minimum absolute atomic E-state index is 0.563. The molecule has 0 saturated heterocycles. The third-order valence-electron chi connectivity index (χ3n) is 5.08. The third kappa shape index (κ3) is 4.97. The molecule has 0 radical (unpaired) electrons. The average Bonchev–Trinajstić information content (AvgIpc) is 3.50. The van der Waals surface area contributed by atoms with Crippen LogP contribution in [0.1, 0.15) is 11.5 Å². The predicted octanol–water partition coefficient (Wildman–Crippen LogP) is 3.48. The molecule has 0 amide bonds. The van der Waals surface area contributed by atoms with Gasteiger partial charge in [-0.05, 0) is 35.9 Å². The Morgan fingerprint density at radius 2 is 1.91 bits per heavy atom. The van der Waals surface area contributed by atoms with Gasteiger partial charge in [-0.25, -0.2) is 9.67 Å². The van der Waals surface area contributed by atoms with Crippen LogP contribution in [-0.4, -0.2) is 51.8 Å². The molecule has 4 rings (SSSR count). The molecule has 2 aromatic carbocycles. The summed E-state index contributed by atoms with van der Waals surface area (Å²) in [7, 11) is 5.41. The van der Waals surface area contributed by atoms with Gasteiger partial charge in [-0.3, -0.25) is 4.99 Å². The number of aliphatic imine (C=N–C) groups is 1. The molecule has 0 atom stereocenters. The van der Waals surface area contributed by atoms with Crippen LogP contribution in [-0.2, 0) is 13.1 Å². The van der Waals surface area contributed by atoms with Crippen molar-refractivity contribution in [2.24, 2.45) is 4.99 Å². The summed E-state index contributed by atoms with van der Waals surface area (Å²) in [6.45, 7) is 1.17. The molecule has 4 aromatic rings. The number of nitrogens with zero attached hydrogens (tertiary/aromatic N) is 5. The van der Waals surface area contributed by atoms with Crippen molar-refractivity contribution >= 4 is 5.96 Å². The van der Waals surface area contributed by atoms with Gasteiger partial charge in [0.25, 0.3) is 0 Å². The van der Waals surface area contributed by atoms with E-state index in [9.17, 15) is 0 Å². The predicted molar refractivity (Wildman–Crippen MR) is 126 cm³/mol. The van der Waals surface area contributed by atoms with Gasteiger partial charge in [0.15, 0.2) is 5.96 Å². The quantitative estimate of drug-likeness (QED) is 0.347. The summed E-state index contributed by atoms with van der Waals surface area (Å²) in [5.41, 5.74) is 4.01. The smallest absolute Gasteiger partial charge is 0.194 e. The Hall–Kier alpha value is -4.07. The van der Waals surface area contributed by atoms with Gasteiger partial charge in [-0.1, -0.05) is 30.3 Å². The number of aromatic nitrogens is 4. The lowest BCUT2D eigenvalue weighted by molar-refractivity contribution is 0.414. The molecule has 2 N–H and O–H groups in total. The summed E-state index contributed by atoms with van der Waals surface area (Å²) in [4.78, 5) is 14.3. The van der Waals surface area contributed by atoms with Gasteiger partial charge in [0, 0.05) is 20.3 Å². The first-order valence-electron chi connectivity index (χ1n) is 10.4. The number of hydrogen-bond donors (Lipinski definition) is 2. The summed E-state index contributed by atoms with van der Waals surface area (Å²) in [5, 5.41) is 8.01. The van der Waals surface area contributed by atoms with Gasteiger partial charge in [-0.15, -0.1) is 0 Å². The Balaban J connectivity index is 1.34. The normalized spacial score (nSPS) is 11.4. The van der Waals surface area contributed by atoms with E-state index in [-0.39, 0.29) is 0 Å². The summed E-state index contributed by atoms with van der Waals surface area (Å²) in [6, 6.07) is 19.9. The Labute approximate surface area is 187 Å². The lowest BCUT2D eigenvalue weighted by Crippen LogP contribution is -2.38. The van der Waals surface area contributed by atoms with Crippen molar-refractivity contribution in [1.29, 1.82) is 0 Å². The van der Waals surface area contributed by atoms with Gasteiger partial charge >= 0.3 is 0 Å². The number of nitrogens with one attached hydrogen (secondary N) is 2. The highest BCUT2D eigenvalue weighted by atomic mass is 16.5. The minimum Gasteiger partial charge on any atom is -0.497 e. The summed E-state index contributed by atoms with van der Waals surface area (Å²) in [5.74, 6) is 2.46. The third-order valence-corrected chi connectivity index (χ3v) is 5.08. The van der Waals surface area contributed by atoms with Gasteiger partial charge < -0.3 is 19.9 Å². The molecular weight excluding hydrogens is 402 g/mol. The first-order chi connectivity index (χ1) is 15.7. The maximum Gasteiger partial charge on any atom is 0.194 e. The monoisotopic (exact) mass is 429 g/mol.